The number of benzene rings is 1. The molecule has 1 saturated heterocycles. The van der Waals surface area contributed by atoms with E-state index in [1.807, 2.05) is 0 Å². The number of carbonyl (C=O) groups is 6. The molecule has 0 radical (unpaired) electrons. The Balaban J connectivity index is 1.55. The second-order valence-corrected chi connectivity index (χ2v) is 11.8. The zero-order valence-corrected chi connectivity index (χ0v) is 23.8. The second-order valence-electron chi connectivity index (χ2n) is 11.8. The number of amides is 3. The Morgan fingerprint density at radius 2 is 1.81 bits per heavy atom. The molecule has 1 aliphatic heterocycles. The summed E-state index contributed by atoms with van der Waals surface area (Å²) in [6.45, 7) is 3.59. The van der Waals surface area contributed by atoms with Crippen molar-refractivity contribution in [2.45, 2.75) is 44.4 Å². The number of nitrogens with one attached hydrogen (secondary N) is 1. The molecule has 3 fully saturated rings. The lowest BCUT2D eigenvalue weighted by Gasteiger charge is -2.52. The number of likely N-dealkylation sites (N-methyl/N-ethyl adjacent to an activating group) is 1. The number of Topliss-reactive ketones (excluding diaryl/α,β-unsaturated/α-hetero) is 4. The van der Waals surface area contributed by atoms with Crippen LogP contribution in [0.5, 0.6) is 5.75 Å². The number of primary amides is 1. The Labute approximate surface area is 242 Å². The number of phenols is 1. The smallest absolute Gasteiger partial charge is 0.317 e. The van der Waals surface area contributed by atoms with Crippen LogP contribution in [0.3, 0.4) is 0 Å². The first-order valence-electron chi connectivity index (χ1n) is 14.2. The quantitative estimate of drug-likeness (QED) is 0.311. The van der Waals surface area contributed by atoms with Crippen LogP contribution < -0.4 is 11.1 Å². The number of urea groups is 1. The van der Waals surface area contributed by atoms with E-state index in [-0.39, 0.29) is 36.7 Å². The maximum atomic E-state index is 14.0. The number of phenolic OH excluding ortho intramolecular Hbond substituents is 1. The second kappa shape index (κ2) is 10.9. The number of aliphatic hydroxyl groups is 1. The van der Waals surface area contributed by atoms with Crippen molar-refractivity contribution in [3.8, 4) is 5.75 Å². The lowest BCUT2D eigenvalue weighted by molar-refractivity contribution is -0.181. The van der Waals surface area contributed by atoms with Crippen molar-refractivity contribution < 1.29 is 43.7 Å². The number of nitrogens with two attached hydrogens (primary N) is 1. The zero-order valence-electron chi connectivity index (χ0n) is 23.8. The predicted molar refractivity (Wildman–Crippen MR) is 145 cm³/mol. The van der Waals surface area contributed by atoms with Crippen LogP contribution in [-0.4, -0.2) is 107 Å². The lowest BCUT2D eigenvalue weighted by atomic mass is 9.52. The summed E-state index contributed by atoms with van der Waals surface area (Å²) < 4.78 is 5.30. The average Bonchev–Trinajstić information content (AvgIpc) is 2.94. The molecule has 42 heavy (non-hydrogen) atoms. The van der Waals surface area contributed by atoms with E-state index in [1.54, 1.807) is 17.9 Å². The van der Waals surface area contributed by atoms with Gasteiger partial charge in [-0.25, -0.2) is 4.79 Å². The van der Waals surface area contributed by atoms with Gasteiger partial charge in [0.25, 0.3) is 0 Å². The van der Waals surface area contributed by atoms with Crippen molar-refractivity contribution in [1.29, 1.82) is 0 Å². The summed E-state index contributed by atoms with van der Waals surface area (Å²) >= 11 is 0. The van der Waals surface area contributed by atoms with Gasteiger partial charge in [-0.15, -0.1) is 0 Å². The van der Waals surface area contributed by atoms with Crippen molar-refractivity contribution in [3.63, 3.8) is 0 Å². The first kappa shape index (κ1) is 29.8. The lowest BCUT2D eigenvalue weighted by Crippen LogP contribution is -2.74. The van der Waals surface area contributed by atoms with Gasteiger partial charge in [-0.3, -0.25) is 28.9 Å². The summed E-state index contributed by atoms with van der Waals surface area (Å²) in [6.07, 6.45) is 0.447. The number of rotatable bonds is 5. The van der Waals surface area contributed by atoms with Crippen LogP contribution in [0.2, 0.25) is 0 Å². The molecule has 5 N–H and O–H groups in total. The molecule has 226 valence electrons. The molecule has 13 heteroatoms. The molecule has 2 saturated carbocycles. The van der Waals surface area contributed by atoms with E-state index in [0.717, 1.165) is 0 Å². The summed E-state index contributed by atoms with van der Waals surface area (Å²) in [6, 6.07) is 0.263. The van der Waals surface area contributed by atoms with Crippen LogP contribution in [0.4, 0.5) is 4.79 Å². The van der Waals surface area contributed by atoms with Gasteiger partial charge in [-0.1, -0.05) is 13.0 Å². The fraction of sp³-hybridized carbons (Fsp3) is 0.586. The Morgan fingerprint density at radius 1 is 1.14 bits per heavy atom. The normalized spacial score (nSPS) is 31.0. The third kappa shape index (κ3) is 4.41. The molecule has 5 rings (SSSR count). The maximum Gasteiger partial charge on any atom is 0.317 e. The van der Waals surface area contributed by atoms with Crippen LogP contribution in [0, 0.1) is 23.7 Å². The van der Waals surface area contributed by atoms with Gasteiger partial charge in [0.15, 0.2) is 34.7 Å². The van der Waals surface area contributed by atoms with Gasteiger partial charge in [-0.05, 0) is 56.0 Å². The molecule has 0 bridgehead atoms. The number of hydrogen-bond acceptors (Lipinski definition) is 10. The van der Waals surface area contributed by atoms with E-state index in [2.05, 4.69) is 5.32 Å². The number of ether oxygens (including phenoxy) is 1. The number of aromatic hydroxyl groups is 1. The Hall–Kier alpha value is -3.68. The highest BCUT2D eigenvalue weighted by Gasteiger charge is 2.69. The third-order valence-electron chi connectivity index (χ3n) is 9.34. The summed E-state index contributed by atoms with van der Waals surface area (Å²) in [5.41, 5.74) is 4.04. The minimum Gasteiger partial charge on any atom is -0.507 e. The summed E-state index contributed by atoms with van der Waals surface area (Å²) in [5, 5.41) is 25.7. The van der Waals surface area contributed by atoms with Gasteiger partial charge in [0.1, 0.15) is 5.75 Å². The molecule has 3 aliphatic carbocycles. The topological polar surface area (TPSA) is 197 Å². The molecule has 0 spiro atoms. The molecular weight excluding hydrogens is 548 g/mol. The summed E-state index contributed by atoms with van der Waals surface area (Å²) in [7, 11) is 3.07. The fourth-order valence-electron chi connectivity index (χ4n) is 7.29. The summed E-state index contributed by atoms with van der Waals surface area (Å²) in [4.78, 5) is 82.7. The van der Waals surface area contributed by atoms with Crippen LogP contribution in [0.15, 0.2) is 6.07 Å². The van der Waals surface area contributed by atoms with E-state index < -0.39 is 64.4 Å². The van der Waals surface area contributed by atoms with E-state index in [9.17, 15) is 39.0 Å². The van der Waals surface area contributed by atoms with Gasteiger partial charge >= 0.3 is 6.03 Å². The van der Waals surface area contributed by atoms with Crippen molar-refractivity contribution >= 4 is 35.1 Å². The van der Waals surface area contributed by atoms with E-state index in [4.69, 9.17) is 10.5 Å². The number of ketones is 4. The van der Waals surface area contributed by atoms with Crippen LogP contribution in [0.25, 0.3) is 0 Å². The molecule has 0 aromatic heterocycles. The number of carbonyl (C=O) groups excluding carboxylic acids is 6. The molecule has 1 aromatic rings. The van der Waals surface area contributed by atoms with E-state index in [0.29, 0.717) is 49.4 Å². The average molecular weight is 585 g/mol. The summed E-state index contributed by atoms with van der Waals surface area (Å²) in [5.74, 6) is -10.9. The first-order chi connectivity index (χ1) is 19.8. The van der Waals surface area contributed by atoms with Gasteiger partial charge in [0, 0.05) is 25.6 Å². The molecule has 2 unspecified atom stereocenters. The number of aryl methyl sites for hydroxylation is 1. The van der Waals surface area contributed by atoms with Crippen LogP contribution in [-0.2, 0) is 43.3 Å². The zero-order chi connectivity index (χ0) is 30.7. The SMILES string of the molecule is CCc1cc(CNC(=O)N2CCOCC2)c2c(c1O)C(=O)C1C(=O)[C@]3(O)C(=O)C(C(N)=O)C(=O)[C@H](N(C)C)[C@@H]3C[C@@H]1C2. The Bertz CT molecular complexity index is 1390. The van der Waals surface area contributed by atoms with Crippen LogP contribution in [0.1, 0.15) is 40.4 Å². The van der Waals surface area contributed by atoms with Crippen molar-refractivity contribution in [2.24, 2.45) is 29.4 Å². The number of morpholine rings is 1. The van der Waals surface area contributed by atoms with Crippen molar-refractivity contribution in [3.05, 3.63) is 28.3 Å². The minimum absolute atomic E-state index is 0.0419. The highest BCUT2D eigenvalue weighted by atomic mass is 16.5. The van der Waals surface area contributed by atoms with Gasteiger partial charge < -0.3 is 30.9 Å². The minimum atomic E-state index is -2.77. The highest BCUT2D eigenvalue weighted by Crippen LogP contribution is 2.51. The van der Waals surface area contributed by atoms with Crippen LogP contribution >= 0.6 is 0 Å². The molecule has 3 amide bonds. The fourth-order valence-corrected chi connectivity index (χ4v) is 7.29. The molecule has 4 aliphatic rings. The first-order valence-corrected chi connectivity index (χ1v) is 14.2. The van der Waals surface area contributed by atoms with Gasteiger partial charge in [0.2, 0.25) is 5.91 Å². The largest absolute Gasteiger partial charge is 0.507 e. The van der Waals surface area contributed by atoms with Crippen molar-refractivity contribution in [2.75, 3.05) is 40.4 Å². The standard InChI is InChI=1S/C29H36N4O9/c1-4-13-9-15(12-31-28(40)33-5-7-42-8-6-33)16-10-14-11-17-21(32(2)3)24(36)20(27(30)39)26(38)29(17,41)25(37)18(14)23(35)19(16)22(13)34/h9,14,17-18,20-21,34,41H,4-8,10-12H2,1-3H3,(H2,30,39)(H,31,40)/t14-,17-,18?,20?,21+,29-/m0/s1. The van der Waals surface area contributed by atoms with E-state index in [1.165, 1.54) is 19.0 Å². The Kier molecular flexibility index (Phi) is 7.71. The molecular formula is C29H36N4O9. The third-order valence-corrected chi connectivity index (χ3v) is 9.34. The number of nitrogens with zero attached hydrogens (tertiary/aromatic N) is 2. The molecule has 6 atom stereocenters. The predicted octanol–water partition coefficient (Wildman–Crippen LogP) is -1.03. The monoisotopic (exact) mass is 584 g/mol. The van der Waals surface area contributed by atoms with Gasteiger partial charge in [-0.2, -0.15) is 0 Å². The molecule has 1 heterocycles. The van der Waals surface area contributed by atoms with Gasteiger partial charge in [0.05, 0.1) is 30.7 Å². The molecule has 13 nitrogen and oxygen atoms in total. The Morgan fingerprint density at radius 3 is 2.40 bits per heavy atom. The molecule has 1 aromatic carbocycles. The number of fused-ring (bicyclic) bond motifs is 3. The van der Waals surface area contributed by atoms with E-state index >= 15 is 0 Å². The highest BCUT2D eigenvalue weighted by molar-refractivity contribution is 6.32. The number of hydrogen-bond donors (Lipinski definition) is 4. The maximum absolute atomic E-state index is 14.0. The van der Waals surface area contributed by atoms with Crippen molar-refractivity contribution in [1.82, 2.24) is 15.1 Å².